The Morgan fingerprint density at radius 1 is 1.38 bits per heavy atom. The van der Waals surface area contributed by atoms with Gasteiger partial charge in [0.15, 0.2) is 0 Å². The van der Waals surface area contributed by atoms with Crippen LogP contribution in [0.3, 0.4) is 0 Å². The summed E-state index contributed by atoms with van der Waals surface area (Å²) >= 11 is 6.00. The van der Waals surface area contributed by atoms with Crippen molar-refractivity contribution in [2.24, 2.45) is 0 Å². The second-order valence-electron chi connectivity index (χ2n) is 3.57. The van der Waals surface area contributed by atoms with E-state index in [-0.39, 0.29) is 4.90 Å². The van der Waals surface area contributed by atoms with E-state index in [9.17, 15) is 8.42 Å². The van der Waals surface area contributed by atoms with E-state index in [1.54, 1.807) is 19.2 Å². The van der Waals surface area contributed by atoms with Crippen molar-refractivity contribution in [2.75, 3.05) is 21.1 Å². The molecule has 0 bridgehead atoms. The molecular weight excluding hydrogens is 248 g/mol. The number of sulfonamides is 1. The maximum Gasteiger partial charge on any atom is 0.242 e. The SMILES string of the molecule is CNCc1ccc(S(=O)(=O)N(C)C)cc1Cl. The van der Waals surface area contributed by atoms with E-state index >= 15 is 0 Å². The van der Waals surface area contributed by atoms with Gasteiger partial charge in [-0.05, 0) is 24.7 Å². The Labute approximate surface area is 101 Å². The van der Waals surface area contributed by atoms with Crippen LogP contribution in [0.15, 0.2) is 23.1 Å². The van der Waals surface area contributed by atoms with E-state index in [2.05, 4.69) is 5.32 Å². The molecule has 0 aliphatic rings. The lowest BCUT2D eigenvalue weighted by atomic mass is 10.2. The minimum Gasteiger partial charge on any atom is -0.316 e. The smallest absolute Gasteiger partial charge is 0.242 e. The molecule has 0 atom stereocenters. The van der Waals surface area contributed by atoms with E-state index < -0.39 is 10.0 Å². The highest BCUT2D eigenvalue weighted by Gasteiger charge is 2.17. The fraction of sp³-hybridized carbons (Fsp3) is 0.400. The first kappa shape index (κ1) is 13.4. The lowest BCUT2D eigenvalue weighted by Gasteiger charge is -2.12. The monoisotopic (exact) mass is 262 g/mol. The standard InChI is InChI=1S/C10H15ClN2O2S/c1-12-7-8-4-5-9(6-10(8)11)16(14,15)13(2)3/h4-6,12H,7H2,1-3H3. The topological polar surface area (TPSA) is 49.4 Å². The van der Waals surface area contributed by atoms with Crippen LogP contribution in [0.1, 0.15) is 5.56 Å². The summed E-state index contributed by atoms with van der Waals surface area (Å²) in [5, 5.41) is 3.42. The van der Waals surface area contributed by atoms with Gasteiger partial charge in [-0.3, -0.25) is 0 Å². The first-order valence-electron chi connectivity index (χ1n) is 4.75. The molecular formula is C10H15ClN2O2S. The Morgan fingerprint density at radius 2 is 2.00 bits per heavy atom. The average molecular weight is 263 g/mol. The second kappa shape index (κ2) is 5.14. The molecule has 0 aliphatic heterocycles. The molecule has 16 heavy (non-hydrogen) atoms. The highest BCUT2D eigenvalue weighted by molar-refractivity contribution is 7.89. The zero-order chi connectivity index (χ0) is 12.3. The molecule has 1 rings (SSSR count). The maximum atomic E-state index is 11.8. The summed E-state index contributed by atoms with van der Waals surface area (Å²) in [6, 6.07) is 4.76. The van der Waals surface area contributed by atoms with Crippen LogP contribution in [0, 0.1) is 0 Å². The number of halogens is 1. The number of hydrogen-bond acceptors (Lipinski definition) is 3. The van der Waals surface area contributed by atoms with Crippen molar-refractivity contribution in [3.05, 3.63) is 28.8 Å². The van der Waals surface area contributed by atoms with Crippen molar-refractivity contribution in [3.8, 4) is 0 Å². The van der Waals surface area contributed by atoms with Gasteiger partial charge in [0.25, 0.3) is 0 Å². The van der Waals surface area contributed by atoms with Gasteiger partial charge >= 0.3 is 0 Å². The summed E-state index contributed by atoms with van der Waals surface area (Å²) < 4.78 is 24.8. The summed E-state index contributed by atoms with van der Waals surface area (Å²) in [4.78, 5) is 0.211. The molecule has 0 radical (unpaired) electrons. The first-order chi connectivity index (χ1) is 7.39. The minimum absolute atomic E-state index is 0.211. The predicted molar refractivity (Wildman–Crippen MR) is 65.1 cm³/mol. The number of nitrogens with one attached hydrogen (secondary N) is 1. The van der Waals surface area contributed by atoms with Crippen molar-refractivity contribution in [3.63, 3.8) is 0 Å². The molecule has 1 aromatic rings. The molecule has 0 saturated heterocycles. The molecule has 0 heterocycles. The zero-order valence-electron chi connectivity index (χ0n) is 9.49. The van der Waals surface area contributed by atoms with Crippen LogP contribution in [0.4, 0.5) is 0 Å². The summed E-state index contributed by atoms with van der Waals surface area (Å²) in [5.41, 5.74) is 0.877. The van der Waals surface area contributed by atoms with Gasteiger partial charge in [-0.15, -0.1) is 0 Å². The molecule has 1 N–H and O–H groups in total. The molecule has 0 fully saturated rings. The molecule has 0 unspecified atom stereocenters. The van der Waals surface area contributed by atoms with Gasteiger partial charge in [0, 0.05) is 25.7 Å². The van der Waals surface area contributed by atoms with Crippen molar-refractivity contribution in [1.29, 1.82) is 0 Å². The number of rotatable bonds is 4. The van der Waals surface area contributed by atoms with E-state index in [4.69, 9.17) is 11.6 Å². The van der Waals surface area contributed by atoms with E-state index in [1.807, 2.05) is 0 Å². The molecule has 0 saturated carbocycles. The Kier molecular flexibility index (Phi) is 4.32. The minimum atomic E-state index is -3.40. The van der Waals surface area contributed by atoms with Crippen molar-refractivity contribution >= 4 is 21.6 Å². The fourth-order valence-corrected chi connectivity index (χ4v) is 2.47. The summed E-state index contributed by atoms with van der Waals surface area (Å²) in [6.45, 7) is 0.612. The van der Waals surface area contributed by atoms with Gasteiger partial charge in [0.05, 0.1) is 4.90 Å². The molecule has 1 aromatic carbocycles. The number of nitrogens with zero attached hydrogens (tertiary/aromatic N) is 1. The molecule has 0 aromatic heterocycles. The predicted octanol–water partition coefficient (Wildman–Crippen LogP) is 1.31. The molecule has 90 valence electrons. The Bertz CT molecular complexity index is 472. The van der Waals surface area contributed by atoms with Crippen LogP contribution in [0.25, 0.3) is 0 Å². The Hall–Kier alpha value is -0.620. The highest BCUT2D eigenvalue weighted by Crippen LogP contribution is 2.22. The lowest BCUT2D eigenvalue weighted by molar-refractivity contribution is 0.520. The van der Waals surface area contributed by atoms with Crippen LogP contribution < -0.4 is 5.32 Å². The quantitative estimate of drug-likeness (QED) is 0.890. The summed E-state index contributed by atoms with van der Waals surface area (Å²) in [7, 11) is 1.39. The second-order valence-corrected chi connectivity index (χ2v) is 6.13. The third-order valence-electron chi connectivity index (χ3n) is 2.17. The Morgan fingerprint density at radius 3 is 2.44 bits per heavy atom. The molecule has 0 aliphatic carbocycles. The van der Waals surface area contributed by atoms with Crippen LogP contribution >= 0.6 is 11.6 Å². The van der Waals surface area contributed by atoms with Crippen molar-refractivity contribution < 1.29 is 8.42 Å². The van der Waals surface area contributed by atoms with Crippen LogP contribution in [-0.4, -0.2) is 33.9 Å². The molecule has 6 heteroatoms. The number of hydrogen-bond donors (Lipinski definition) is 1. The fourth-order valence-electron chi connectivity index (χ4n) is 1.23. The molecule has 0 spiro atoms. The van der Waals surface area contributed by atoms with Crippen LogP contribution in [0.5, 0.6) is 0 Å². The zero-order valence-corrected chi connectivity index (χ0v) is 11.1. The summed E-state index contributed by atoms with van der Waals surface area (Å²) in [5.74, 6) is 0. The third-order valence-corrected chi connectivity index (χ3v) is 4.33. The highest BCUT2D eigenvalue weighted by atomic mass is 35.5. The Balaban J connectivity index is 3.16. The normalized spacial score (nSPS) is 12.1. The van der Waals surface area contributed by atoms with Gasteiger partial charge in [-0.2, -0.15) is 0 Å². The summed E-state index contributed by atoms with van der Waals surface area (Å²) in [6.07, 6.45) is 0. The van der Waals surface area contributed by atoms with Crippen molar-refractivity contribution in [1.82, 2.24) is 9.62 Å². The lowest BCUT2D eigenvalue weighted by Crippen LogP contribution is -2.22. The van der Waals surface area contributed by atoms with E-state index in [0.717, 1.165) is 9.87 Å². The largest absolute Gasteiger partial charge is 0.316 e. The van der Waals surface area contributed by atoms with E-state index in [1.165, 1.54) is 20.2 Å². The van der Waals surface area contributed by atoms with Gasteiger partial charge < -0.3 is 5.32 Å². The molecule has 4 nitrogen and oxygen atoms in total. The molecule has 0 amide bonds. The van der Waals surface area contributed by atoms with Gasteiger partial charge in [-0.25, -0.2) is 12.7 Å². The van der Waals surface area contributed by atoms with Gasteiger partial charge in [-0.1, -0.05) is 17.7 Å². The third kappa shape index (κ3) is 2.74. The first-order valence-corrected chi connectivity index (χ1v) is 6.57. The van der Waals surface area contributed by atoms with Crippen LogP contribution in [0.2, 0.25) is 5.02 Å². The maximum absolute atomic E-state index is 11.8. The van der Waals surface area contributed by atoms with Gasteiger partial charge in [0.1, 0.15) is 0 Å². The average Bonchev–Trinajstić information content (AvgIpc) is 2.21. The van der Waals surface area contributed by atoms with Gasteiger partial charge in [0.2, 0.25) is 10.0 Å². The number of benzene rings is 1. The van der Waals surface area contributed by atoms with E-state index in [0.29, 0.717) is 11.6 Å². The van der Waals surface area contributed by atoms with Crippen molar-refractivity contribution in [2.45, 2.75) is 11.4 Å². The van der Waals surface area contributed by atoms with Crippen LogP contribution in [-0.2, 0) is 16.6 Å².